The SMILES string of the molecule is CO[C@@H]1[C@@H](NC(=O)c2ccc[nH]2)c2ccccc2C12CCNCC2. The minimum absolute atomic E-state index is 0.0235. The largest absolute Gasteiger partial charge is 0.378 e. The maximum absolute atomic E-state index is 12.6. The average molecular weight is 325 g/mol. The molecule has 5 heteroatoms. The number of amides is 1. The number of hydrogen-bond donors (Lipinski definition) is 3. The highest BCUT2D eigenvalue weighted by molar-refractivity contribution is 5.92. The van der Waals surface area contributed by atoms with Gasteiger partial charge in [-0.25, -0.2) is 0 Å². The number of H-pyrrole nitrogens is 1. The van der Waals surface area contributed by atoms with Crippen LogP contribution in [0.2, 0.25) is 0 Å². The molecule has 1 aliphatic heterocycles. The molecule has 2 aliphatic rings. The lowest BCUT2D eigenvalue weighted by atomic mass is 9.72. The van der Waals surface area contributed by atoms with Gasteiger partial charge in [0.05, 0.1) is 12.1 Å². The van der Waals surface area contributed by atoms with Gasteiger partial charge < -0.3 is 20.4 Å². The van der Waals surface area contributed by atoms with Gasteiger partial charge in [0.15, 0.2) is 0 Å². The van der Waals surface area contributed by atoms with Crippen LogP contribution >= 0.6 is 0 Å². The maximum Gasteiger partial charge on any atom is 0.268 e. The molecular weight excluding hydrogens is 302 g/mol. The Morgan fingerprint density at radius 1 is 1.21 bits per heavy atom. The molecule has 3 N–H and O–H groups in total. The molecule has 1 aromatic carbocycles. The highest BCUT2D eigenvalue weighted by Gasteiger charge is 2.53. The Labute approximate surface area is 141 Å². The minimum Gasteiger partial charge on any atom is -0.378 e. The lowest BCUT2D eigenvalue weighted by Crippen LogP contribution is -2.49. The fourth-order valence-corrected chi connectivity index (χ4v) is 4.49. The molecule has 126 valence electrons. The molecule has 2 heterocycles. The number of aromatic amines is 1. The highest BCUT2D eigenvalue weighted by atomic mass is 16.5. The van der Waals surface area contributed by atoms with Crippen LogP contribution in [0.1, 0.15) is 40.5 Å². The van der Waals surface area contributed by atoms with Gasteiger partial charge in [-0.1, -0.05) is 24.3 Å². The molecule has 2 aromatic rings. The molecule has 24 heavy (non-hydrogen) atoms. The molecule has 1 spiro atoms. The summed E-state index contributed by atoms with van der Waals surface area (Å²) in [4.78, 5) is 15.6. The van der Waals surface area contributed by atoms with Crippen LogP contribution in [-0.4, -0.2) is 37.2 Å². The van der Waals surface area contributed by atoms with Gasteiger partial charge in [0.25, 0.3) is 5.91 Å². The predicted molar refractivity (Wildman–Crippen MR) is 92.0 cm³/mol. The summed E-state index contributed by atoms with van der Waals surface area (Å²) in [6, 6.07) is 12.0. The van der Waals surface area contributed by atoms with Gasteiger partial charge in [-0.15, -0.1) is 0 Å². The van der Waals surface area contributed by atoms with Crippen LogP contribution in [0.3, 0.4) is 0 Å². The van der Waals surface area contributed by atoms with Gasteiger partial charge in [0.2, 0.25) is 0 Å². The molecule has 2 atom stereocenters. The molecule has 5 nitrogen and oxygen atoms in total. The number of aromatic nitrogens is 1. The van der Waals surface area contributed by atoms with E-state index in [1.54, 1.807) is 19.4 Å². The quantitative estimate of drug-likeness (QED) is 0.810. The molecular formula is C19H23N3O2. The minimum atomic E-state index is -0.125. The van der Waals surface area contributed by atoms with Gasteiger partial charge in [-0.3, -0.25) is 4.79 Å². The van der Waals surface area contributed by atoms with Gasteiger partial charge >= 0.3 is 0 Å². The van der Waals surface area contributed by atoms with Crippen LogP contribution < -0.4 is 10.6 Å². The van der Waals surface area contributed by atoms with E-state index in [2.05, 4.69) is 33.8 Å². The van der Waals surface area contributed by atoms with Crippen LogP contribution in [0.4, 0.5) is 0 Å². The first kappa shape index (κ1) is 15.4. The van der Waals surface area contributed by atoms with Crippen LogP contribution in [0.25, 0.3) is 0 Å². The van der Waals surface area contributed by atoms with E-state index in [0.717, 1.165) is 25.9 Å². The van der Waals surface area contributed by atoms with Gasteiger partial charge in [-0.05, 0) is 49.2 Å². The predicted octanol–water partition coefficient (Wildman–Crippen LogP) is 2.14. The van der Waals surface area contributed by atoms with Crippen molar-refractivity contribution in [3.63, 3.8) is 0 Å². The van der Waals surface area contributed by atoms with Crippen molar-refractivity contribution >= 4 is 5.91 Å². The number of fused-ring (bicyclic) bond motifs is 2. The second kappa shape index (κ2) is 6.07. The number of carbonyl (C=O) groups excluding carboxylic acids is 1. The molecule has 1 fully saturated rings. The van der Waals surface area contributed by atoms with E-state index in [9.17, 15) is 4.79 Å². The average Bonchev–Trinajstić information content (AvgIpc) is 3.23. The molecule has 1 amide bonds. The second-order valence-electron chi connectivity index (χ2n) is 6.68. The van der Waals surface area contributed by atoms with Crippen molar-refractivity contribution in [3.8, 4) is 0 Å². The summed E-state index contributed by atoms with van der Waals surface area (Å²) in [5.41, 5.74) is 3.07. The van der Waals surface area contributed by atoms with E-state index in [1.165, 1.54) is 11.1 Å². The standard InChI is InChI=1S/C19H23N3O2/c1-24-17-16(22-18(23)15-7-4-10-21-15)13-5-2-3-6-14(13)19(17)8-11-20-12-9-19/h2-7,10,16-17,20-21H,8-9,11-12H2,1H3,(H,22,23)/t16-,17+/m0/s1. The zero-order valence-electron chi connectivity index (χ0n) is 13.8. The summed E-state index contributed by atoms with van der Waals surface area (Å²) >= 11 is 0. The Morgan fingerprint density at radius 3 is 2.71 bits per heavy atom. The van der Waals surface area contributed by atoms with Crippen molar-refractivity contribution in [2.75, 3.05) is 20.2 Å². The number of benzene rings is 1. The number of ether oxygens (including phenoxy) is 1. The topological polar surface area (TPSA) is 66.1 Å². The smallest absolute Gasteiger partial charge is 0.268 e. The molecule has 0 saturated carbocycles. The Morgan fingerprint density at radius 2 is 2.00 bits per heavy atom. The van der Waals surface area contributed by atoms with E-state index in [-0.39, 0.29) is 23.5 Å². The molecule has 0 radical (unpaired) electrons. The third kappa shape index (κ3) is 2.27. The van der Waals surface area contributed by atoms with Crippen molar-refractivity contribution < 1.29 is 9.53 Å². The Bertz CT molecular complexity index is 720. The summed E-state index contributed by atoms with van der Waals surface area (Å²) in [7, 11) is 1.76. The number of piperidine rings is 1. The van der Waals surface area contributed by atoms with Gasteiger partial charge in [-0.2, -0.15) is 0 Å². The third-order valence-electron chi connectivity index (χ3n) is 5.56. The first-order valence-electron chi connectivity index (χ1n) is 8.53. The van der Waals surface area contributed by atoms with Gasteiger partial charge in [0.1, 0.15) is 5.69 Å². The first-order valence-corrected chi connectivity index (χ1v) is 8.53. The second-order valence-corrected chi connectivity index (χ2v) is 6.68. The van der Waals surface area contributed by atoms with Crippen LogP contribution in [0, 0.1) is 0 Å². The third-order valence-corrected chi connectivity index (χ3v) is 5.56. The van der Waals surface area contributed by atoms with E-state index in [0.29, 0.717) is 5.69 Å². The molecule has 0 unspecified atom stereocenters. The summed E-state index contributed by atoms with van der Waals surface area (Å²) in [6.07, 6.45) is 3.77. The fraction of sp³-hybridized carbons (Fsp3) is 0.421. The van der Waals surface area contributed by atoms with Crippen LogP contribution in [0.5, 0.6) is 0 Å². The van der Waals surface area contributed by atoms with Crippen molar-refractivity contribution in [2.45, 2.75) is 30.4 Å². The van der Waals surface area contributed by atoms with Crippen LogP contribution in [-0.2, 0) is 10.2 Å². The Balaban J connectivity index is 1.72. The maximum atomic E-state index is 12.6. The number of nitrogens with one attached hydrogen (secondary N) is 3. The molecule has 4 rings (SSSR count). The summed E-state index contributed by atoms with van der Waals surface area (Å²) in [5.74, 6) is -0.0900. The van der Waals surface area contributed by atoms with E-state index in [1.807, 2.05) is 12.1 Å². The Kier molecular flexibility index (Phi) is 3.90. The van der Waals surface area contributed by atoms with Crippen molar-refractivity contribution in [2.24, 2.45) is 0 Å². The van der Waals surface area contributed by atoms with E-state index >= 15 is 0 Å². The van der Waals surface area contributed by atoms with E-state index in [4.69, 9.17) is 4.74 Å². The summed E-state index contributed by atoms with van der Waals surface area (Å²) in [5, 5.41) is 6.64. The number of hydrogen-bond acceptors (Lipinski definition) is 3. The van der Waals surface area contributed by atoms with Crippen LogP contribution in [0.15, 0.2) is 42.6 Å². The molecule has 1 aromatic heterocycles. The zero-order chi connectivity index (χ0) is 16.6. The Hall–Kier alpha value is -2.11. The highest BCUT2D eigenvalue weighted by Crippen LogP contribution is 2.51. The summed E-state index contributed by atoms with van der Waals surface area (Å²) < 4.78 is 5.97. The lowest BCUT2D eigenvalue weighted by molar-refractivity contribution is 0.00392. The van der Waals surface area contributed by atoms with Crippen molar-refractivity contribution in [1.29, 1.82) is 0 Å². The molecule has 1 saturated heterocycles. The monoisotopic (exact) mass is 325 g/mol. The normalized spacial score (nSPS) is 24.7. The van der Waals surface area contributed by atoms with E-state index < -0.39 is 0 Å². The lowest BCUT2D eigenvalue weighted by Gasteiger charge is -2.40. The number of methoxy groups -OCH3 is 1. The van der Waals surface area contributed by atoms with Crippen molar-refractivity contribution in [3.05, 3.63) is 59.4 Å². The summed E-state index contributed by atoms with van der Waals surface area (Å²) in [6.45, 7) is 1.96. The molecule has 1 aliphatic carbocycles. The zero-order valence-corrected chi connectivity index (χ0v) is 13.8. The fourth-order valence-electron chi connectivity index (χ4n) is 4.49. The number of carbonyl (C=O) groups is 1. The van der Waals surface area contributed by atoms with Gasteiger partial charge in [0, 0.05) is 18.7 Å². The first-order chi connectivity index (χ1) is 11.8. The molecule has 0 bridgehead atoms. The van der Waals surface area contributed by atoms with Crippen molar-refractivity contribution in [1.82, 2.24) is 15.6 Å². The number of rotatable bonds is 3.